The van der Waals surface area contributed by atoms with E-state index in [1.54, 1.807) is 6.20 Å². The topological polar surface area (TPSA) is 56.0 Å². The maximum absolute atomic E-state index is 12.7. The quantitative estimate of drug-likeness (QED) is 0.679. The van der Waals surface area contributed by atoms with E-state index in [1.807, 2.05) is 48.3 Å². The first-order chi connectivity index (χ1) is 13.1. The number of aryl methyl sites for hydroxylation is 1. The van der Waals surface area contributed by atoms with E-state index >= 15 is 0 Å². The fourth-order valence-corrected chi connectivity index (χ4v) is 3.94. The second-order valence-electron chi connectivity index (χ2n) is 7.12. The van der Waals surface area contributed by atoms with Gasteiger partial charge in [-0.2, -0.15) is 10.2 Å². The number of rotatable bonds is 5. The SMILES string of the molecule is Cn1cc(CC2CCN(c3cnn(Cc4ccccc4)c(=O)c3Cl)C2)cn1. The third-order valence-corrected chi connectivity index (χ3v) is 5.41. The Kier molecular flexibility index (Phi) is 4.99. The number of nitrogens with zero attached hydrogens (tertiary/aromatic N) is 5. The lowest BCUT2D eigenvalue weighted by Crippen LogP contribution is -2.28. The van der Waals surface area contributed by atoms with Gasteiger partial charge in [-0.25, -0.2) is 4.68 Å². The van der Waals surface area contributed by atoms with Crippen molar-refractivity contribution in [1.29, 1.82) is 0 Å². The molecule has 0 N–H and O–H groups in total. The third kappa shape index (κ3) is 3.90. The zero-order chi connectivity index (χ0) is 18.8. The molecule has 0 amide bonds. The van der Waals surface area contributed by atoms with Crippen LogP contribution >= 0.6 is 11.6 Å². The summed E-state index contributed by atoms with van der Waals surface area (Å²) in [6.45, 7) is 2.18. The zero-order valence-corrected chi connectivity index (χ0v) is 16.0. The second-order valence-corrected chi connectivity index (χ2v) is 7.50. The first-order valence-electron chi connectivity index (χ1n) is 9.12. The average Bonchev–Trinajstić information content (AvgIpc) is 3.29. The van der Waals surface area contributed by atoms with Crippen LogP contribution in [-0.4, -0.2) is 32.7 Å². The lowest BCUT2D eigenvalue weighted by atomic mass is 10.0. The molecule has 4 rings (SSSR count). The number of hydrogen-bond donors (Lipinski definition) is 0. The number of anilines is 1. The first-order valence-corrected chi connectivity index (χ1v) is 9.50. The van der Waals surface area contributed by atoms with E-state index < -0.39 is 0 Å². The van der Waals surface area contributed by atoms with E-state index in [-0.39, 0.29) is 10.6 Å². The summed E-state index contributed by atoms with van der Waals surface area (Å²) in [5.74, 6) is 0.525. The smallest absolute Gasteiger partial charge is 0.287 e. The maximum atomic E-state index is 12.7. The van der Waals surface area contributed by atoms with Gasteiger partial charge in [0.05, 0.1) is 24.6 Å². The molecular formula is C20H22ClN5O. The van der Waals surface area contributed by atoms with Crippen molar-refractivity contribution in [3.63, 3.8) is 0 Å². The number of hydrogen-bond acceptors (Lipinski definition) is 4. The van der Waals surface area contributed by atoms with Crippen LogP contribution in [0.2, 0.25) is 5.02 Å². The normalized spacial score (nSPS) is 16.8. The van der Waals surface area contributed by atoms with Gasteiger partial charge in [0.15, 0.2) is 0 Å². The molecule has 0 aliphatic carbocycles. The summed E-state index contributed by atoms with van der Waals surface area (Å²) in [4.78, 5) is 14.8. The van der Waals surface area contributed by atoms with Gasteiger partial charge in [-0.1, -0.05) is 41.9 Å². The van der Waals surface area contributed by atoms with Crippen molar-refractivity contribution < 1.29 is 0 Å². The monoisotopic (exact) mass is 383 g/mol. The Morgan fingerprint density at radius 1 is 1.15 bits per heavy atom. The highest BCUT2D eigenvalue weighted by Crippen LogP contribution is 2.29. The molecule has 2 aromatic heterocycles. The van der Waals surface area contributed by atoms with E-state index in [0.717, 1.165) is 37.2 Å². The van der Waals surface area contributed by atoms with Crippen LogP contribution in [0.1, 0.15) is 17.5 Å². The molecule has 1 aromatic carbocycles. The fourth-order valence-electron chi connectivity index (χ4n) is 3.67. The molecule has 27 heavy (non-hydrogen) atoms. The number of benzene rings is 1. The Morgan fingerprint density at radius 2 is 1.96 bits per heavy atom. The molecule has 140 valence electrons. The van der Waals surface area contributed by atoms with Crippen LogP contribution in [0.4, 0.5) is 5.69 Å². The van der Waals surface area contributed by atoms with E-state index in [0.29, 0.717) is 12.5 Å². The molecule has 1 aliphatic rings. The van der Waals surface area contributed by atoms with E-state index in [2.05, 4.69) is 21.3 Å². The minimum Gasteiger partial charge on any atom is -0.369 e. The summed E-state index contributed by atoms with van der Waals surface area (Å²) in [5, 5.41) is 8.84. The predicted octanol–water partition coefficient (Wildman–Crippen LogP) is 2.75. The molecule has 0 saturated carbocycles. The lowest BCUT2D eigenvalue weighted by Gasteiger charge is -2.20. The summed E-state index contributed by atoms with van der Waals surface area (Å²) in [7, 11) is 1.93. The molecule has 1 aliphatic heterocycles. The summed E-state index contributed by atoms with van der Waals surface area (Å²) in [5.41, 5.74) is 2.76. The molecule has 6 nitrogen and oxygen atoms in total. The standard InChI is InChI=1S/C20H22ClN5O/c1-24-12-17(10-22-24)9-16-7-8-25(13-16)18-11-23-26(20(27)19(18)21)14-15-5-3-2-4-6-15/h2-6,10-12,16H,7-9,13-14H2,1H3. The van der Waals surface area contributed by atoms with Gasteiger partial charge in [0.2, 0.25) is 0 Å². The Morgan fingerprint density at radius 3 is 2.70 bits per heavy atom. The Bertz CT molecular complexity index is 982. The van der Waals surface area contributed by atoms with Crippen molar-refractivity contribution in [2.24, 2.45) is 13.0 Å². The molecule has 7 heteroatoms. The Hall–Kier alpha value is -2.60. The van der Waals surface area contributed by atoms with E-state index in [1.165, 1.54) is 10.2 Å². The van der Waals surface area contributed by atoms with Gasteiger partial charge in [0.25, 0.3) is 5.56 Å². The minimum absolute atomic E-state index is 0.242. The van der Waals surface area contributed by atoms with Crippen LogP contribution in [0.5, 0.6) is 0 Å². The molecule has 1 atom stereocenters. The van der Waals surface area contributed by atoms with Crippen LogP contribution in [-0.2, 0) is 20.0 Å². The van der Waals surface area contributed by atoms with Gasteiger partial charge in [-0.3, -0.25) is 9.48 Å². The van der Waals surface area contributed by atoms with Gasteiger partial charge in [0.1, 0.15) is 5.02 Å². The number of halogens is 1. The molecule has 0 spiro atoms. The molecular weight excluding hydrogens is 362 g/mol. The van der Waals surface area contributed by atoms with Gasteiger partial charge in [0, 0.05) is 26.3 Å². The van der Waals surface area contributed by atoms with Crippen molar-refractivity contribution in [2.45, 2.75) is 19.4 Å². The van der Waals surface area contributed by atoms with Crippen molar-refractivity contribution in [2.75, 3.05) is 18.0 Å². The van der Waals surface area contributed by atoms with Crippen LogP contribution in [0.25, 0.3) is 0 Å². The van der Waals surface area contributed by atoms with E-state index in [4.69, 9.17) is 11.6 Å². The van der Waals surface area contributed by atoms with Gasteiger partial charge in [-0.05, 0) is 29.9 Å². The van der Waals surface area contributed by atoms with Gasteiger partial charge < -0.3 is 4.90 Å². The summed E-state index contributed by atoms with van der Waals surface area (Å²) in [6.07, 6.45) is 7.75. The summed E-state index contributed by atoms with van der Waals surface area (Å²) in [6, 6.07) is 9.79. The van der Waals surface area contributed by atoms with Crippen molar-refractivity contribution in [1.82, 2.24) is 19.6 Å². The highest BCUT2D eigenvalue weighted by molar-refractivity contribution is 6.33. The van der Waals surface area contributed by atoms with Crippen molar-refractivity contribution in [3.05, 3.63) is 75.4 Å². The highest BCUT2D eigenvalue weighted by atomic mass is 35.5. The molecule has 0 bridgehead atoms. The summed E-state index contributed by atoms with van der Waals surface area (Å²) >= 11 is 6.43. The van der Waals surface area contributed by atoms with Crippen LogP contribution in [0, 0.1) is 5.92 Å². The third-order valence-electron chi connectivity index (χ3n) is 5.05. The maximum Gasteiger partial charge on any atom is 0.287 e. The lowest BCUT2D eigenvalue weighted by molar-refractivity contribution is 0.585. The molecule has 3 heterocycles. The average molecular weight is 384 g/mol. The van der Waals surface area contributed by atoms with Gasteiger partial charge >= 0.3 is 0 Å². The Balaban J connectivity index is 1.48. The van der Waals surface area contributed by atoms with Crippen LogP contribution < -0.4 is 10.5 Å². The fraction of sp³-hybridized carbons (Fsp3) is 0.350. The van der Waals surface area contributed by atoms with Crippen LogP contribution in [0.3, 0.4) is 0 Å². The molecule has 1 unspecified atom stereocenters. The summed E-state index contributed by atoms with van der Waals surface area (Å²) < 4.78 is 3.25. The molecule has 3 aromatic rings. The van der Waals surface area contributed by atoms with Gasteiger partial charge in [-0.15, -0.1) is 0 Å². The molecule has 1 saturated heterocycles. The Labute approximate surface area is 163 Å². The van der Waals surface area contributed by atoms with E-state index in [9.17, 15) is 4.79 Å². The van der Waals surface area contributed by atoms with Crippen LogP contribution in [0.15, 0.2) is 53.7 Å². The first kappa shape index (κ1) is 17.8. The van der Waals surface area contributed by atoms with Crippen molar-refractivity contribution in [3.8, 4) is 0 Å². The van der Waals surface area contributed by atoms with Crippen molar-refractivity contribution >= 4 is 17.3 Å². The second kappa shape index (κ2) is 7.56. The largest absolute Gasteiger partial charge is 0.369 e. The molecule has 1 fully saturated rings. The highest BCUT2D eigenvalue weighted by Gasteiger charge is 2.26. The molecule has 0 radical (unpaired) electrons. The minimum atomic E-state index is -0.242. The predicted molar refractivity (Wildman–Crippen MR) is 106 cm³/mol. The zero-order valence-electron chi connectivity index (χ0n) is 15.3. The number of aromatic nitrogens is 4.